The van der Waals surface area contributed by atoms with Crippen LogP contribution < -0.4 is 5.73 Å². The first-order valence-electron chi connectivity index (χ1n) is 9.39. The van der Waals surface area contributed by atoms with E-state index in [4.69, 9.17) is 5.73 Å². The minimum atomic E-state index is 0.328. The van der Waals surface area contributed by atoms with E-state index in [2.05, 4.69) is 49.0 Å². The van der Waals surface area contributed by atoms with Gasteiger partial charge in [-0.25, -0.2) is 4.98 Å². The fourth-order valence-corrected chi connectivity index (χ4v) is 5.47. The number of pyridine rings is 1. The maximum absolute atomic E-state index is 5.94. The molecule has 2 aliphatic rings. The molecule has 3 unspecified atom stereocenters. The quantitative estimate of drug-likeness (QED) is 0.852. The monoisotopic (exact) mass is 323 g/mol. The number of anilines is 1. The molecule has 0 amide bonds. The lowest BCUT2D eigenvalue weighted by Gasteiger charge is -2.54. The minimum Gasteiger partial charge on any atom is -0.384 e. The van der Waals surface area contributed by atoms with Gasteiger partial charge in [0.15, 0.2) is 0 Å². The lowest BCUT2D eigenvalue weighted by molar-refractivity contribution is 0.0226. The molecule has 24 heavy (non-hydrogen) atoms. The van der Waals surface area contributed by atoms with E-state index in [0.29, 0.717) is 17.3 Å². The largest absolute Gasteiger partial charge is 0.384 e. The van der Waals surface area contributed by atoms with Gasteiger partial charge in [-0.15, -0.1) is 0 Å². The molecule has 3 atom stereocenters. The van der Waals surface area contributed by atoms with Crippen LogP contribution in [0.25, 0.3) is 10.9 Å². The van der Waals surface area contributed by atoms with Gasteiger partial charge in [-0.2, -0.15) is 0 Å². The Morgan fingerprint density at radius 2 is 2.04 bits per heavy atom. The van der Waals surface area contributed by atoms with Crippen molar-refractivity contribution in [2.45, 2.75) is 57.4 Å². The Morgan fingerprint density at radius 3 is 2.88 bits per heavy atom. The van der Waals surface area contributed by atoms with Gasteiger partial charge in [-0.05, 0) is 88.0 Å². The van der Waals surface area contributed by atoms with Crippen molar-refractivity contribution < 1.29 is 0 Å². The Morgan fingerprint density at radius 1 is 1.21 bits per heavy atom. The Balaban J connectivity index is 1.88. The molecular formula is C21H29N3. The molecule has 2 aromatic rings. The number of nitrogens with zero attached hydrogens (tertiary/aromatic N) is 2. The Labute approximate surface area is 145 Å². The van der Waals surface area contributed by atoms with Crippen LogP contribution in [0.1, 0.15) is 50.2 Å². The van der Waals surface area contributed by atoms with Crippen molar-refractivity contribution in [3.63, 3.8) is 0 Å². The summed E-state index contributed by atoms with van der Waals surface area (Å²) >= 11 is 0. The number of likely N-dealkylation sites (tertiary alicyclic amines) is 1. The molecule has 0 bridgehead atoms. The highest BCUT2D eigenvalue weighted by molar-refractivity contribution is 5.82. The third kappa shape index (κ3) is 2.33. The lowest BCUT2D eigenvalue weighted by atomic mass is 9.56. The topological polar surface area (TPSA) is 42.1 Å². The Bertz CT molecular complexity index is 769. The summed E-state index contributed by atoms with van der Waals surface area (Å²) in [4.78, 5) is 7.16. The molecule has 1 aliphatic heterocycles. The molecule has 3 nitrogen and oxygen atoms in total. The van der Waals surface area contributed by atoms with Crippen LogP contribution in [0.15, 0.2) is 24.3 Å². The van der Waals surface area contributed by atoms with E-state index in [0.717, 1.165) is 11.4 Å². The van der Waals surface area contributed by atoms with E-state index in [1.807, 2.05) is 6.07 Å². The van der Waals surface area contributed by atoms with Crippen molar-refractivity contribution in [2.75, 3.05) is 19.3 Å². The van der Waals surface area contributed by atoms with Gasteiger partial charge in [0, 0.05) is 16.8 Å². The standard InChI is InChI=1S/C21H29N3/c1-14-12-16-7-8-20(22)23-19(16)13-18(14)21-9-5-4-6-17(21)15(2)24(3)11-10-21/h7-8,12-13,15,17H,4-6,9-11H2,1-3H3,(H2,22,23). The van der Waals surface area contributed by atoms with Gasteiger partial charge < -0.3 is 10.6 Å². The molecule has 4 rings (SSSR count). The van der Waals surface area contributed by atoms with Crippen LogP contribution in [-0.4, -0.2) is 29.5 Å². The van der Waals surface area contributed by atoms with Crippen LogP contribution in [0.4, 0.5) is 5.82 Å². The van der Waals surface area contributed by atoms with Crippen LogP contribution >= 0.6 is 0 Å². The van der Waals surface area contributed by atoms with Gasteiger partial charge in [0.25, 0.3) is 0 Å². The maximum atomic E-state index is 5.94. The highest BCUT2D eigenvalue weighted by atomic mass is 15.1. The maximum Gasteiger partial charge on any atom is 0.124 e. The number of aryl methyl sites for hydroxylation is 1. The van der Waals surface area contributed by atoms with Crippen molar-refractivity contribution in [2.24, 2.45) is 5.92 Å². The molecule has 1 aromatic heterocycles. The van der Waals surface area contributed by atoms with Gasteiger partial charge >= 0.3 is 0 Å². The number of nitrogens with two attached hydrogens (primary N) is 1. The van der Waals surface area contributed by atoms with Gasteiger partial charge in [0.2, 0.25) is 0 Å². The zero-order valence-corrected chi connectivity index (χ0v) is 15.2. The first kappa shape index (κ1) is 15.9. The molecule has 128 valence electrons. The van der Waals surface area contributed by atoms with Crippen molar-refractivity contribution in [3.05, 3.63) is 35.4 Å². The van der Waals surface area contributed by atoms with E-state index in [9.17, 15) is 0 Å². The van der Waals surface area contributed by atoms with Gasteiger partial charge in [-0.3, -0.25) is 0 Å². The van der Waals surface area contributed by atoms with E-state index >= 15 is 0 Å². The Kier molecular flexibility index (Phi) is 3.80. The van der Waals surface area contributed by atoms with Crippen molar-refractivity contribution in [1.82, 2.24) is 9.88 Å². The van der Waals surface area contributed by atoms with Crippen molar-refractivity contribution in [1.29, 1.82) is 0 Å². The fraction of sp³-hybridized carbons (Fsp3) is 0.571. The molecule has 1 aromatic carbocycles. The second kappa shape index (κ2) is 5.73. The lowest BCUT2D eigenvalue weighted by Crippen LogP contribution is -2.55. The molecule has 1 aliphatic carbocycles. The SMILES string of the molecule is Cc1cc2ccc(N)nc2cc1C12CCCCC1C(C)N(C)CC2. The number of hydrogen-bond donors (Lipinski definition) is 1. The minimum absolute atomic E-state index is 0.328. The third-order valence-electron chi connectivity index (χ3n) is 6.88. The van der Waals surface area contributed by atoms with Crippen molar-refractivity contribution >= 4 is 16.7 Å². The molecule has 1 saturated heterocycles. The molecule has 2 heterocycles. The summed E-state index contributed by atoms with van der Waals surface area (Å²) in [7, 11) is 2.29. The zero-order chi connectivity index (χ0) is 16.9. The smallest absolute Gasteiger partial charge is 0.124 e. The predicted octanol–water partition coefficient (Wildman–Crippen LogP) is 4.28. The van der Waals surface area contributed by atoms with Crippen LogP contribution in [-0.2, 0) is 5.41 Å². The van der Waals surface area contributed by atoms with Gasteiger partial charge in [0.05, 0.1) is 5.52 Å². The first-order chi connectivity index (χ1) is 11.5. The highest BCUT2D eigenvalue weighted by Crippen LogP contribution is 2.52. The van der Waals surface area contributed by atoms with E-state index < -0.39 is 0 Å². The summed E-state index contributed by atoms with van der Waals surface area (Å²) in [6.45, 7) is 5.91. The number of rotatable bonds is 1. The number of aromatic nitrogens is 1. The highest BCUT2D eigenvalue weighted by Gasteiger charge is 2.48. The van der Waals surface area contributed by atoms with Crippen LogP contribution in [0, 0.1) is 12.8 Å². The average molecular weight is 323 g/mol. The van der Waals surface area contributed by atoms with Crippen molar-refractivity contribution in [3.8, 4) is 0 Å². The van der Waals surface area contributed by atoms with Crippen LogP contribution in [0.3, 0.4) is 0 Å². The molecule has 1 saturated carbocycles. The summed E-state index contributed by atoms with van der Waals surface area (Å²) in [5.41, 5.74) is 10.3. The summed E-state index contributed by atoms with van der Waals surface area (Å²) in [6.07, 6.45) is 6.68. The number of benzene rings is 1. The second-order valence-corrected chi connectivity index (χ2v) is 8.08. The van der Waals surface area contributed by atoms with Crippen LogP contribution in [0.5, 0.6) is 0 Å². The summed E-state index contributed by atoms with van der Waals surface area (Å²) in [5.74, 6) is 1.37. The third-order valence-corrected chi connectivity index (χ3v) is 6.88. The number of nitrogen functional groups attached to an aromatic ring is 1. The predicted molar refractivity (Wildman–Crippen MR) is 101 cm³/mol. The molecule has 3 heteroatoms. The van der Waals surface area contributed by atoms with E-state index in [1.54, 1.807) is 0 Å². The molecule has 0 spiro atoms. The van der Waals surface area contributed by atoms with Crippen LogP contribution in [0.2, 0.25) is 0 Å². The van der Waals surface area contributed by atoms with E-state index in [-0.39, 0.29) is 0 Å². The average Bonchev–Trinajstić information content (AvgIpc) is 2.58. The summed E-state index contributed by atoms with van der Waals surface area (Å²) < 4.78 is 0. The molecule has 2 N–H and O–H groups in total. The fourth-order valence-electron chi connectivity index (χ4n) is 5.47. The number of fused-ring (bicyclic) bond motifs is 2. The summed E-state index contributed by atoms with van der Waals surface area (Å²) in [6, 6.07) is 9.34. The number of hydrogen-bond acceptors (Lipinski definition) is 3. The normalized spacial score (nSPS) is 31.1. The summed E-state index contributed by atoms with van der Waals surface area (Å²) in [5, 5.41) is 1.20. The number of piperidine rings is 1. The van der Waals surface area contributed by atoms with E-state index in [1.165, 1.54) is 55.2 Å². The van der Waals surface area contributed by atoms with Gasteiger partial charge in [-0.1, -0.05) is 12.8 Å². The Hall–Kier alpha value is -1.61. The molecule has 0 radical (unpaired) electrons. The molecule has 2 fully saturated rings. The zero-order valence-electron chi connectivity index (χ0n) is 15.2. The first-order valence-corrected chi connectivity index (χ1v) is 9.39. The van der Waals surface area contributed by atoms with Gasteiger partial charge in [0.1, 0.15) is 5.82 Å². The second-order valence-electron chi connectivity index (χ2n) is 8.08. The molecular weight excluding hydrogens is 294 g/mol.